The highest BCUT2D eigenvalue weighted by Crippen LogP contribution is 2.58. The van der Waals surface area contributed by atoms with Gasteiger partial charge in [0.05, 0.1) is 42.5 Å². The summed E-state index contributed by atoms with van der Waals surface area (Å²) in [6.07, 6.45) is 0. The lowest BCUT2D eigenvalue weighted by Gasteiger charge is -2.41. The van der Waals surface area contributed by atoms with E-state index in [0.29, 0.717) is 26.4 Å². The normalized spacial score (nSPS) is 16.4. The molecule has 2 saturated heterocycles. The second-order valence-electron chi connectivity index (χ2n) is 47.4. The molecule has 0 N–H and O–H groups in total. The summed E-state index contributed by atoms with van der Waals surface area (Å²) in [6.45, 7) is 73.9. The van der Waals surface area contributed by atoms with Crippen molar-refractivity contribution in [1.29, 1.82) is 0 Å². The first-order chi connectivity index (χ1) is 62.9. The largest absolute Gasteiger partial charge is 0.435 e. The lowest BCUT2D eigenvalue weighted by molar-refractivity contribution is -0.0673. The van der Waals surface area contributed by atoms with Crippen LogP contribution in [0.15, 0.2) is 279 Å². The summed E-state index contributed by atoms with van der Waals surface area (Å²) < 4.78 is 67.7. The van der Waals surface area contributed by atoms with Gasteiger partial charge in [0.15, 0.2) is 0 Å². The van der Waals surface area contributed by atoms with E-state index in [1.807, 2.05) is 0 Å². The minimum absolute atomic E-state index is 0.00545. The summed E-state index contributed by atoms with van der Waals surface area (Å²) in [4.78, 5) is 0. The highest BCUT2D eigenvalue weighted by Gasteiger charge is 2.47. The molecule has 0 unspecified atom stereocenters. The Bertz CT molecular complexity index is 5480. The molecular weight excluding hydrogens is 1740 g/mol. The highest BCUT2D eigenvalue weighted by molar-refractivity contribution is 7.57. The molecule has 2 fully saturated rings. The van der Waals surface area contributed by atoms with E-state index in [0.717, 1.165) is 89.6 Å². The molecule has 0 aromatic heterocycles. The van der Waals surface area contributed by atoms with Crippen LogP contribution in [-0.4, -0.2) is 26.4 Å². The quantitative estimate of drug-likeness (QED) is 0.0577. The Hall–Kier alpha value is -9.00. The Morgan fingerprint density at radius 2 is 0.415 bits per heavy atom. The molecule has 0 bridgehead atoms. The Kier molecular flexibility index (Phi) is 30.7. The third kappa shape index (κ3) is 24.6. The second-order valence-corrected chi connectivity index (χ2v) is 52.5. The second kappa shape index (κ2) is 40.1. The molecule has 2 heterocycles. The third-order valence-electron chi connectivity index (χ3n) is 26.8. The zero-order valence-electron chi connectivity index (χ0n) is 86.8. The van der Waals surface area contributed by atoms with Crippen LogP contribution in [0.4, 0.5) is 0 Å². The van der Waals surface area contributed by atoms with Gasteiger partial charge >= 0.3 is 34.0 Å². The molecule has 14 heteroatoms. The lowest BCUT2D eigenvalue weighted by Crippen LogP contribution is -2.45. The minimum Gasteiger partial charge on any atom is -0.435 e. The van der Waals surface area contributed by atoms with Gasteiger partial charge in [-0.25, -0.2) is 0 Å². The summed E-state index contributed by atoms with van der Waals surface area (Å²) in [5.74, 6) is 4.90. The predicted octanol–water partition coefficient (Wildman–Crippen LogP) is 33.9. The van der Waals surface area contributed by atoms with Gasteiger partial charge < -0.3 is 45.2 Å². The molecule has 12 aromatic carbocycles. The van der Waals surface area contributed by atoms with Crippen molar-refractivity contribution < 1.29 is 45.2 Å². The Morgan fingerprint density at radius 1 is 0.207 bits per heavy atom. The molecule has 2 aliphatic heterocycles. The van der Waals surface area contributed by atoms with Crippen LogP contribution in [0.2, 0.25) is 0 Å². The van der Waals surface area contributed by atoms with Crippen LogP contribution in [0.25, 0.3) is 11.1 Å². The topological polar surface area (TPSA) is 92.3 Å². The first kappa shape index (κ1) is 103. The van der Waals surface area contributed by atoms with Gasteiger partial charge in [-0.3, -0.25) is 0 Å². The van der Waals surface area contributed by atoms with E-state index in [4.69, 9.17) is 45.2 Å². The lowest BCUT2D eigenvalue weighted by atomic mass is 9.73. The van der Waals surface area contributed by atoms with Crippen molar-refractivity contribution in [3.05, 3.63) is 368 Å². The summed E-state index contributed by atoms with van der Waals surface area (Å²) in [7, 11) is -6.59. The molecule has 0 saturated carbocycles. The molecule has 0 aliphatic carbocycles. The smallest absolute Gasteiger partial charge is 0.397 e. The molecule has 1 spiro atoms. The van der Waals surface area contributed by atoms with Crippen molar-refractivity contribution >= 4 is 44.6 Å². The molecule has 135 heavy (non-hydrogen) atoms. The maximum atomic E-state index is 7.20. The van der Waals surface area contributed by atoms with E-state index in [1.165, 1.54) is 55.6 Å². The van der Waals surface area contributed by atoms with Crippen LogP contribution in [0.1, 0.15) is 311 Å². The number of hydrogen-bond donors (Lipinski definition) is 0. The number of hydrogen-bond acceptors (Lipinski definition) is 10. The molecule has 0 radical (unpaired) electrons. The third-order valence-corrected chi connectivity index (χ3v) is 31.8. The summed E-state index contributed by atoms with van der Waals surface area (Å²) in [5.41, 5.74) is 19.2. The van der Waals surface area contributed by atoms with E-state index in [-0.39, 0.29) is 65.0 Å². The van der Waals surface area contributed by atoms with Gasteiger partial charge in [0.2, 0.25) is 0 Å². The average Bonchev–Trinajstić information content (AvgIpc) is 0.744. The van der Waals surface area contributed by atoms with E-state index in [1.54, 1.807) is 0 Å². The van der Waals surface area contributed by atoms with Crippen molar-refractivity contribution in [2.75, 3.05) is 26.4 Å². The van der Waals surface area contributed by atoms with E-state index in [9.17, 15) is 0 Å². The van der Waals surface area contributed by atoms with Gasteiger partial charge in [-0.2, -0.15) is 0 Å². The first-order valence-corrected chi connectivity index (χ1v) is 52.6. The molecule has 10 nitrogen and oxygen atoms in total. The van der Waals surface area contributed by atoms with Gasteiger partial charge in [0.25, 0.3) is 0 Å². The Balaban J connectivity index is 0.000000232. The fourth-order valence-electron chi connectivity index (χ4n) is 17.2. The summed E-state index contributed by atoms with van der Waals surface area (Å²) >= 11 is 0. The van der Waals surface area contributed by atoms with Crippen LogP contribution in [-0.2, 0) is 83.1 Å². The van der Waals surface area contributed by atoms with Crippen LogP contribution < -0.4 is 37.8 Å². The van der Waals surface area contributed by atoms with Crippen molar-refractivity contribution in [2.45, 2.75) is 287 Å². The Morgan fingerprint density at radius 3 is 0.637 bits per heavy atom. The molecule has 2 aliphatic rings. The molecule has 0 atom stereocenters. The first-order valence-electron chi connectivity index (χ1n) is 48.0. The molecular formula is C121H150O10P4. The minimum atomic E-state index is -1.67. The van der Waals surface area contributed by atoms with Crippen molar-refractivity contribution in [2.24, 2.45) is 5.41 Å². The molecule has 714 valence electrons. The van der Waals surface area contributed by atoms with Crippen LogP contribution in [0.5, 0.6) is 34.5 Å². The number of rotatable bonds is 23. The van der Waals surface area contributed by atoms with Crippen molar-refractivity contribution in [3.63, 3.8) is 0 Å². The van der Waals surface area contributed by atoms with E-state index < -0.39 is 39.4 Å². The van der Waals surface area contributed by atoms with Gasteiger partial charge in [-0.05, 0) is 171 Å². The SMILES string of the molecule is CC(C)(C)c1ccc(OP(Oc2ccc(C(C)(C)C)cc2C(C)(C)C)c2ccc(-c3ccc(P(Oc4ccc(C(C)(C)C)cc4C(C)(C)C)Oc4ccc(C(C)(C)C)cc4C(C)(C)C)cc3)cc2)c(C(C)(C)C)c1.CC(C)(c1ccccc1)c1ccc(OP2OCC3(CO2)COP(Oc2ccc(C(C)(C)c4ccccc4)cc2C(C)(C)c2ccccc2)OC3)c(C(C)(C)c2ccccc2)c1. The summed E-state index contributed by atoms with van der Waals surface area (Å²) in [5, 5.41) is 1.98. The van der Waals surface area contributed by atoms with Gasteiger partial charge in [-0.1, -0.05) is 440 Å². The van der Waals surface area contributed by atoms with Crippen LogP contribution in [0, 0.1) is 5.41 Å². The van der Waals surface area contributed by atoms with E-state index >= 15 is 0 Å². The number of benzene rings is 12. The van der Waals surface area contributed by atoms with Crippen molar-refractivity contribution in [1.82, 2.24) is 0 Å². The van der Waals surface area contributed by atoms with E-state index in [2.05, 4.69) is 501 Å². The van der Waals surface area contributed by atoms with Crippen molar-refractivity contribution in [3.8, 4) is 45.6 Å². The standard InChI is InChI=1S/C68H92O4P2.C53H58O6P2/c1-61(2,3)47-29-37-57(53(41-47)65(13,14)15)69-73(70-58-38-30-48(62(4,5)6)42-54(58)66(16,17)18)51-33-25-45(26-34-51)46-27-35-52(36-28-46)74(71-59-39-31-49(63(7,8)9)43-55(59)67(19,20)21)72-60-40-32-50(64(10,11)12)44-56(60)68(22,23)24;1-49(2,39-21-13-9-14-22-39)43-29-31-47(45(33-43)51(5,6)41-25-17-11-18-26-41)58-60-54-35-53(36-55-60)37-56-61(57-38-53)59-48-32-30-44(50(3,4)40-23-15-10-16-24-40)34-46(48)52(7,8)42-27-19-12-20-28-42/h25-44H,1-24H3;9-34H,35-38H2,1-8H3. The molecule has 14 rings (SSSR count). The average molecular weight is 1890 g/mol. The van der Waals surface area contributed by atoms with Crippen LogP contribution >= 0.6 is 34.0 Å². The monoisotopic (exact) mass is 1890 g/mol. The predicted molar refractivity (Wildman–Crippen MR) is 571 cm³/mol. The summed E-state index contributed by atoms with van der Waals surface area (Å²) in [6, 6.07) is 99.8. The molecule has 0 amide bonds. The fraction of sp³-hybridized carbons (Fsp3) is 0.405. The zero-order valence-corrected chi connectivity index (χ0v) is 90.3. The maximum Gasteiger partial charge on any atom is 0.397 e. The fourth-order valence-corrected chi connectivity index (χ4v) is 22.3. The Labute approximate surface area is 816 Å². The van der Waals surface area contributed by atoms with Crippen LogP contribution in [0.3, 0.4) is 0 Å². The van der Waals surface area contributed by atoms with Gasteiger partial charge in [0.1, 0.15) is 34.5 Å². The zero-order chi connectivity index (χ0) is 98.2. The maximum absolute atomic E-state index is 7.20. The van der Waals surface area contributed by atoms with Gasteiger partial charge in [0, 0.05) is 55.0 Å². The van der Waals surface area contributed by atoms with Gasteiger partial charge in [-0.15, -0.1) is 0 Å². The highest BCUT2D eigenvalue weighted by atomic mass is 31.2. The molecule has 12 aromatic rings.